The van der Waals surface area contributed by atoms with Crippen LogP contribution in [0.25, 0.3) is 0 Å². The van der Waals surface area contributed by atoms with Gasteiger partial charge in [0.15, 0.2) is 5.88 Å². The number of nitrogens with one attached hydrogen (secondary N) is 2. The van der Waals surface area contributed by atoms with Gasteiger partial charge in [-0.25, -0.2) is 0 Å². The van der Waals surface area contributed by atoms with Crippen molar-refractivity contribution in [1.29, 1.82) is 0 Å². The van der Waals surface area contributed by atoms with E-state index in [1.54, 1.807) is 0 Å². The van der Waals surface area contributed by atoms with E-state index in [0.29, 0.717) is 17.9 Å². The summed E-state index contributed by atoms with van der Waals surface area (Å²) in [7, 11) is 0. The van der Waals surface area contributed by atoms with Crippen LogP contribution >= 0.6 is 0 Å². The van der Waals surface area contributed by atoms with E-state index in [1.807, 2.05) is 24.3 Å². The number of rotatable bonds is 3. The predicted molar refractivity (Wildman–Crippen MR) is 62.3 cm³/mol. The second-order valence-electron chi connectivity index (χ2n) is 3.47. The lowest BCUT2D eigenvalue weighted by Gasteiger charge is -2.07. The van der Waals surface area contributed by atoms with Gasteiger partial charge < -0.3 is 21.3 Å². The van der Waals surface area contributed by atoms with Gasteiger partial charge in [0.25, 0.3) is 0 Å². The Labute approximate surface area is 92.5 Å². The number of anilines is 2. The topological polar surface area (TPSA) is 94.3 Å². The van der Waals surface area contributed by atoms with Crippen LogP contribution in [0.15, 0.2) is 30.3 Å². The van der Waals surface area contributed by atoms with Crippen molar-refractivity contribution in [2.24, 2.45) is 0 Å². The minimum Gasteiger partial charge on any atom is -0.494 e. The van der Waals surface area contributed by atoms with Crippen molar-refractivity contribution in [2.75, 3.05) is 11.1 Å². The van der Waals surface area contributed by atoms with Crippen LogP contribution in [0.1, 0.15) is 5.56 Å². The maximum Gasteiger partial charge on any atom is 0.215 e. The van der Waals surface area contributed by atoms with Crippen molar-refractivity contribution in [3.8, 4) is 11.8 Å². The summed E-state index contributed by atoms with van der Waals surface area (Å²) in [5, 5.41) is 21.4. The molecule has 0 unspecified atom stereocenters. The SMILES string of the molecule is Nc1ccccc1CNc1cc(O)[nH]c1O. The molecular formula is C11H13N3O2. The van der Waals surface area contributed by atoms with E-state index < -0.39 is 0 Å². The summed E-state index contributed by atoms with van der Waals surface area (Å²) in [4.78, 5) is 2.38. The Morgan fingerprint density at radius 2 is 2.00 bits per heavy atom. The van der Waals surface area contributed by atoms with Crippen LogP contribution < -0.4 is 11.1 Å². The Balaban J connectivity index is 2.08. The average molecular weight is 219 g/mol. The zero-order valence-corrected chi connectivity index (χ0v) is 8.57. The number of aromatic nitrogens is 1. The molecule has 0 amide bonds. The van der Waals surface area contributed by atoms with Crippen molar-refractivity contribution < 1.29 is 10.2 Å². The predicted octanol–water partition coefficient (Wildman–Crippen LogP) is 1.62. The molecular weight excluding hydrogens is 206 g/mol. The number of benzene rings is 1. The zero-order chi connectivity index (χ0) is 11.5. The Kier molecular flexibility index (Phi) is 2.59. The highest BCUT2D eigenvalue weighted by Gasteiger charge is 2.06. The fraction of sp³-hybridized carbons (Fsp3) is 0.0909. The third kappa shape index (κ3) is 2.03. The molecule has 1 aromatic heterocycles. The van der Waals surface area contributed by atoms with Gasteiger partial charge in [-0.3, -0.25) is 4.98 Å². The van der Waals surface area contributed by atoms with Crippen molar-refractivity contribution in [2.45, 2.75) is 6.54 Å². The van der Waals surface area contributed by atoms with E-state index in [0.717, 1.165) is 5.56 Å². The first-order valence-corrected chi connectivity index (χ1v) is 4.85. The third-order valence-corrected chi connectivity index (χ3v) is 2.31. The van der Waals surface area contributed by atoms with Gasteiger partial charge in [-0.15, -0.1) is 0 Å². The fourth-order valence-electron chi connectivity index (χ4n) is 1.45. The van der Waals surface area contributed by atoms with Crippen molar-refractivity contribution in [3.05, 3.63) is 35.9 Å². The van der Waals surface area contributed by atoms with Crippen LogP contribution in [0, 0.1) is 0 Å². The maximum atomic E-state index is 9.37. The zero-order valence-electron chi connectivity index (χ0n) is 8.57. The first kappa shape index (κ1) is 10.2. The van der Waals surface area contributed by atoms with Crippen LogP contribution in [0.4, 0.5) is 11.4 Å². The van der Waals surface area contributed by atoms with E-state index in [-0.39, 0.29) is 11.8 Å². The second kappa shape index (κ2) is 4.06. The van der Waals surface area contributed by atoms with Crippen molar-refractivity contribution >= 4 is 11.4 Å². The van der Waals surface area contributed by atoms with E-state index in [4.69, 9.17) is 10.8 Å². The Morgan fingerprint density at radius 1 is 1.25 bits per heavy atom. The summed E-state index contributed by atoms with van der Waals surface area (Å²) in [6.07, 6.45) is 0. The monoisotopic (exact) mass is 219 g/mol. The lowest BCUT2D eigenvalue weighted by atomic mass is 10.2. The summed E-state index contributed by atoms with van der Waals surface area (Å²) >= 11 is 0. The highest BCUT2D eigenvalue weighted by Crippen LogP contribution is 2.27. The van der Waals surface area contributed by atoms with Crippen LogP contribution in [-0.4, -0.2) is 15.2 Å². The molecule has 6 N–H and O–H groups in total. The number of para-hydroxylation sites is 1. The number of aromatic amines is 1. The Hall–Kier alpha value is -2.30. The van der Waals surface area contributed by atoms with Gasteiger partial charge in [0, 0.05) is 18.3 Å². The highest BCUT2D eigenvalue weighted by atomic mass is 16.3. The van der Waals surface area contributed by atoms with Gasteiger partial charge in [0.1, 0.15) is 5.69 Å². The van der Waals surface area contributed by atoms with Gasteiger partial charge >= 0.3 is 0 Å². The summed E-state index contributed by atoms with van der Waals surface area (Å²) in [6.45, 7) is 0.484. The number of H-pyrrole nitrogens is 1. The molecule has 0 saturated heterocycles. The molecule has 2 aromatic rings. The summed E-state index contributed by atoms with van der Waals surface area (Å²) in [6, 6.07) is 8.87. The number of nitrogen functional groups attached to an aromatic ring is 1. The quantitative estimate of drug-likeness (QED) is 0.507. The minimum absolute atomic E-state index is 0.0824. The standard InChI is InChI=1S/C11H13N3O2/c12-8-4-2-1-3-7(8)6-13-9-5-10(15)14-11(9)16/h1-5,13-16H,6,12H2. The van der Waals surface area contributed by atoms with Gasteiger partial charge in [-0.05, 0) is 11.6 Å². The number of hydrogen-bond donors (Lipinski definition) is 5. The fourth-order valence-corrected chi connectivity index (χ4v) is 1.45. The van der Waals surface area contributed by atoms with Crippen molar-refractivity contribution in [3.63, 3.8) is 0 Å². The number of hydrogen-bond acceptors (Lipinski definition) is 4. The van der Waals surface area contributed by atoms with Crippen molar-refractivity contribution in [1.82, 2.24) is 4.98 Å². The van der Waals surface area contributed by atoms with Gasteiger partial charge in [0.05, 0.1) is 0 Å². The smallest absolute Gasteiger partial charge is 0.215 e. The average Bonchev–Trinajstić information content (AvgIpc) is 2.56. The second-order valence-corrected chi connectivity index (χ2v) is 3.47. The summed E-state index contributed by atoms with van der Waals surface area (Å²) < 4.78 is 0. The molecule has 0 aliphatic rings. The highest BCUT2D eigenvalue weighted by molar-refractivity contribution is 5.57. The van der Waals surface area contributed by atoms with E-state index in [1.165, 1.54) is 6.07 Å². The van der Waals surface area contributed by atoms with Gasteiger partial charge in [-0.1, -0.05) is 18.2 Å². The molecule has 1 heterocycles. The maximum absolute atomic E-state index is 9.37. The molecule has 0 atom stereocenters. The minimum atomic E-state index is -0.0907. The Morgan fingerprint density at radius 3 is 2.62 bits per heavy atom. The van der Waals surface area contributed by atoms with E-state index in [2.05, 4.69) is 10.3 Å². The van der Waals surface area contributed by atoms with Crippen LogP contribution in [-0.2, 0) is 6.54 Å². The van der Waals surface area contributed by atoms with E-state index in [9.17, 15) is 5.11 Å². The number of aromatic hydroxyl groups is 2. The first-order chi connectivity index (χ1) is 7.66. The number of nitrogens with two attached hydrogens (primary N) is 1. The lowest BCUT2D eigenvalue weighted by Crippen LogP contribution is -2.01. The first-order valence-electron chi connectivity index (χ1n) is 4.85. The largest absolute Gasteiger partial charge is 0.494 e. The lowest BCUT2D eigenvalue weighted by molar-refractivity contribution is 0.426. The molecule has 5 heteroatoms. The van der Waals surface area contributed by atoms with Gasteiger partial charge in [0.2, 0.25) is 5.88 Å². The van der Waals surface area contributed by atoms with Crippen LogP contribution in [0.2, 0.25) is 0 Å². The van der Waals surface area contributed by atoms with Crippen LogP contribution in [0.5, 0.6) is 11.8 Å². The molecule has 0 fully saturated rings. The molecule has 0 bridgehead atoms. The molecule has 0 radical (unpaired) electrons. The molecule has 2 rings (SSSR count). The molecule has 0 saturated carbocycles. The van der Waals surface area contributed by atoms with Crippen LogP contribution in [0.3, 0.4) is 0 Å². The molecule has 16 heavy (non-hydrogen) atoms. The molecule has 5 nitrogen and oxygen atoms in total. The molecule has 84 valence electrons. The molecule has 1 aromatic carbocycles. The summed E-state index contributed by atoms with van der Waals surface area (Å²) in [5.74, 6) is -0.173. The van der Waals surface area contributed by atoms with Gasteiger partial charge in [-0.2, -0.15) is 0 Å². The molecule has 0 aliphatic carbocycles. The Bertz CT molecular complexity index is 494. The van der Waals surface area contributed by atoms with E-state index >= 15 is 0 Å². The molecule has 0 aliphatic heterocycles. The normalized spacial score (nSPS) is 10.2. The molecule has 0 spiro atoms. The third-order valence-electron chi connectivity index (χ3n) is 2.31. The summed E-state index contributed by atoms with van der Waals surface area (Å²) in [5.41, 5.74) is 7.84.